The largest absolute Gasteiger partial charge is 0.354 e. The first-order valence-electron chi connectivity index (χ1n) is 7.79. The van der Waals surface area contributed by atoms with Gasteiger partial charge in [-0.2, -0.15) is 0 Å². The number of ketones is 1. The molecule has 0 aliphatic heterocycles. The lowest BCUT2D eigenvalue weighted by molar-refractivity contribution is 0.101. The van der Waals surface area contributed by atoms with Gasteiger partial charge in [0.1, 0.15) is 0 Å². The summed E-state index contributed by atoms with van der Waals surface area (Å²) in [6, 6.07) is 7.77. The number of aromatic amines is 1. The van der Waals surface area contributed by atoms with Gasteiger partial charge in [0.15, 0.2) is 5.78 Å². The number of nitrogens with one attached hydrogen (secondary N) is 1. The molecule has 0 spiro atoms. The lowest BCUT2D eigenvalue weighted by Gasteiger charge is -2.05. The van der Waals surface area contributed by atoms with E-state index in [9.17, 15) is 4.79 Å². The van der Waals surface area contributed by atoms with E-state index in [1.54, 1.807) is 31.7 Å². The van der Waals surface area contributed by atoms with Crippen LogP contribution in [0.25, 0.3) is 22.5 Å². The molecule has 1 N–H and O–H groups in total. The van der Waals surface area contributed by atoms with E-state index in [1.807, 2.05) is 24.3 Å². The van der Waals surface area contributed by atoms with E-state index in [1.165, 1.54) is 0 Å². The number of Topliss-reactive ketones (excluding diaryl/α,β-unsaturated/α-hetero) is 1. The Hall–Kier alpha value is -2.75. The topological polar surface area (TPSA) is 58.6 Å². The van der Waals surface area contributed by atoms with Crippen molar-refractivity contribution in [3.05, 3.63) is 60.2 Å². The third kappa shape index (κ3) is 2.93. The zero-order valence-corrected chi connectivity index (χ0v) is 13.3. The molecule has 0 aliphatic rings. The van der Waals surface area contributed by atoms with Crippen LogP contribution in [0.15, 0.2) is 49.1 Å². The fourth-order valence-electron chi connectivity index (χ4n) is 2.93. The van der Waals surface area contributed by atoms with E-state index in [0.717, 1.165) is 46.5 Å². The van der Waals surface area contributed by atoms with Crippen molar-refractivity contribution >= 4 is 5.78 Å². The van der Waals surface area contributed by atoms with E-state index in [2.05, 4.69) is 21.9 Å². The number of hydrogen-bond acceptors (Lipinski definition) is 3. The van der Waals surface area contributed by atoms with Crippen molar-refractivity contribution in [2.45, 2.75) is 26.7 Å². The van der Waals surface area contributed by atoms with Gasteiger partial charge in [-0.1, -0.05) is 13.3 Å². The lowest BCUT2D eigenvalue weighted by atomic mass is 9.96. The molecule has 4 heteroatoms. The first-order valence-corrected chi connectivity index (χ1v) is 7.79. The minimum absolute atomic E-state index is 0.0804. The maximum absolute atomic E-state index is 12.3. The standard InChI is InChI=1S/C19H19N3O/c1-3-4-16-17(13(2)23)19(15-7-11-21-12-8-15)22-18(16)14-5-9-20-10-6-14/h5-12,22H,3-4H2,1-2H3. The minimum Gasteiger partial charge on any atom is -0.354 e. The molecule has 0 saturated carbocycles. The van der Waals surface area contributed by atoms with Crippen LogP contribution in [0.3, 0.4) is 0 Å². The summed E-state index contributed by atoms with van der Waals surface area (Å²) in [6.45, 7) is 3.75. The van der Waals surface area contributed by atoms with Gasteiger partial charge in [0.2, 0.25) is 0 Å². The van der Waals surface area contributed by atoms with Crippen LogP contribution in [0.2, 0.25) is 0 Å². The maximum atomic E-state index is 12.3. The third-order valence-electron chi connectivity index (χ3n) is 3.89. The SMILES string of the molecule is CCCc1c(-c2ccncc2)[nH]c(-c2ccncc2)c1C(C)=O. The first-order chi connectivity index (χ1) is 11.2. The molecule has 0 bridgehead atoms. The molecule has 3 aromatic rings. The summed E-state index contributed by atoms with van der Waals surface area (Å²) in [5.74, 6) is 0.0804. The lowest BCUT2D eigenvalue weighted by Crippen LogP contribution is -1.99. The summed E-state index contributed by atoms with van der Waals surface area (Å²) in [4.78, 5) is 23.9. The summed E-state index contributed by atoms with van der Waals surface area (Å²) in [6.07, 6.45) is 8.86. The monoisotopic (exact) mass is 305 g/mol. The highest BCUT2D eigenvalue weighted by molar-refractivity contribution is 6.03. The molecule has 0 unspecified atom stereocenters. The van der Waals surface area contributed by atoms with Crippen molar-refractivity contribution in [1.29, 1.82) is 0 Å². The molecular formula is C19H19N3O. The molecule has 0 atom stereocenters. The average molecular weight is 305 g/mol. The van der Waals surface area contributed by atoms with Crippen LogP contribution in [0.5, 0.6) is 0 Å². The number of H-pyrrole nitrogens is 1. The van der Waals surface area contributed by atoms with Crippen LogP contribution in [-0.2, 0) is 6.42 Å². The van der Waals surface area contributed by atoms with Gasteiger partial charge in [0, 0.05) is 47.2 Å². The van der Waals surface area contributed by atoms with Gasteiger partial charge in [0.25, 0.3) is 0 Å². The fraction of sp³-hybridized carbons (Fsp3) is 0.211. The number of carbonyl (C=O) groups excluding carboxylic acids is 1. The first kappa shape index (κ1) is 15.2. The maximum Gasteiger partial charge on any atom is 0.162 e. The van der Waals surface area contributed by atoms with Gasteiger partial charge < -0.3 is 4.98 Å². The van der Waals surface area contributed by atoms with Crippen molar-refractivity contribution in [1.82, 2.24) is 15.0 Å². The summed E-state index contributed by atoms with van der Waals surface area (Å²) in [7, 11) is 0. The van der Waals surface area contributed by atoms with Gasteiger partial charge in [-0.3, -0.25) is 14.8 Å². The molecule has 23 heavy (non-hydrogen) atoms. The Morgan fingerprint density at radius 3 is 1.96 bits per heavy atom. The van der Waals surface area contributed by atoms with Gasteiger partial charge >= 0.3 is 0 Å². The molecule has 0 fully saturated rings. The minimum atomic E-state index is 0.0804. The van der Waals surface area contributed by atoms with Gasteiger partial charge in [-0.05, 0) is 43.2 Å². The Labute approximate surface area is 135 Å². The molecule has 0 aromatic carbocycles. The van der Waals surface area contributed by atoms with E-state index in [0.29, 0.717) is 0 Å². The molecule has 3 rings (SSSR count). The summed E-state index contributed by atoms with van der Waals surface area (Å²) >= 11 is 0. The number of nitrogens with zero attached hydrogens (tertiary/aromatic N) is 2. The van der Waals surface area contributed by atoms with E-state index in [4.69, 9.17) is 0 Å². The Balaban J connectivity index is 2.27. The predicted octanol–water partition coefficient (Wildman–Crippen LogP) is 4.29. The normalized spacial score (nSPS) is 10.7. The average Bonchev–Trinajstić information content (AvgIpc) is 2.96. The van der Waals surface area contributed by atoms with Gasteiger partial charge in [-0.15, -0.1) is 0 Å². The number of hydrogen-bond donors (Lipinski definition) is 1. The number of pyridine rings is 2. The predicted molar refractivity (Wildman–Crippen MR) is 91.3 cm³/mol. The molecule has 3 heterocycles. The van der Waals surface area contributed by atoms with E-state index in [-0.39, 0.29) is 5.78 Å². The summed E-state index contributed by atoms with van der Waals surface area (Å²) < 4.78 is 0. The van der Waals surface area contributed by atoms with Crippen LogP contribution >= 0.6 is 0 Å². The van der Waals surface area contributed by atoms with Gasteiger partial charge in [-0.25, -0.2) is 0 Å². The molecule has 0 aliphatic carbocycles. The highest BCUT2D eigenvalue weighted by atomic mass is 16.1. The molecular weight excluding hydrogens is 286 g/mol. The molecule has 0 saturated heterocycles. The van der Waals surface area contributed by atoms with Crippen molar-refractivity contribution in [3.63, 3.8) is 0 Å². The third-order valence-corrected chi connectivity index (χ3v) is 3.89. The highest BCUT2D eigenvalue weighted by Gasteiger charge is 2.21. The Kier molecular flexibility index (Phi) is 4.33. The molecule has 116 valence electrons. The number of rotatable bonds is 5. The van der Waals surface area contributed by atoms with Crippen LogP contribution in [0, 0.1) is 0 Å². The summed E-state index contributed by atoms with van der Waals surface area (Å²) in [5, 5.41) is 0. The second-order valence-electron chi connectivity index (χ2n) is 5.51. The van der Waals surface area contributed by atoms with Crippen LogP contribution in [-0.4, -0.2) is 20.7 Å². The van der Waals surface area contributed by atoms with Crippen molar-refractivity contribution < 1.29 is 4.79 Å². The highest BCUT2D eigenvalue weighted by Crippen LogP contribution is 2.34. The van der Waals surface area contributed by atoms with Crippen LogP contribution in [0.4, 0.5) is 0 Å². The zero-order chi connectivity index (χ0) is 16.2. The van der Waals surface area contributed by atoms with Crippen LogP contribution in [0.1, 0.15) is 36.2 Å². The van der Waals surface area contributed by atoms with Crippen molar-refractivity contribution in [2.75, 3.05) is 0 Å². The smallest absolute Gasteiger partial charge is 0.162 e. The molecule has 0 amide bonds. The molecule has 4 nitrogen and oxygen atoms in total. The molecule has 3 aromatic heterocycles. The van der Waals surface area contributed by atoms with E-state index < -0.39 is 0 Å². The molecule has 0 radical (unpaired) electrons. The van der Waals surface area contributed by atoms with E-state index >= 15 is 0 Å². The fourth-order valence-corrected chi connectivity index (χ4v) is 2.93. The van der Waals surface area contributed by atoms with Crippen LogP contribution < -0.4 is 0 Å². The quantitative estimate of drug-likeness (QED) is 0.715. The Bertz CT molecular complexity index is 807. The van der Waals surface area contributed by atoms with Crippen molar-refractivity contribution in [2.24, 2.45) is 0 Å². The second kappa shape index (κ2) is 6.57. The number of carbonyl (C=O) groups is 1. The summed E-state index contributed by atoms with van der Waals surface area (Å²) in [5.41, 5.74) is 5.76. The number of aromatic nitrogens is 3. The Morgan fingerprint density at radius 2 is 1.48 bits per heavy atom. The van der Waals surface area contributed by atoms with Gasteiger partial charge in [0.05, 0.1) is 5.69 Å². The van der Waals surface area contributed by atoms with Crippen molar-refractivity contribution in [3.8, 4) is 22.5 Å². The zero-order valence-electron chi connectivity index (χ0n) is 13.3. The Morgan fingerprint density at radius 1 is 0.957 bits per heavy atom. The second-order valence-corrected chi connectivity index (χ2v) is 5.51.